The fourth-order valence-corrected chi connectivity index (χ4v) is 3.35. The van der Waals surface area contributed by atoms with E-state index in [1.54, 1.807) is 0 Å². The lowest BCUT2D eigenvalue weighted by molar-refractivity contribution is -0.120. The highest BCUT2D eigenvalue weighted by Crippen LogP contribution is 2.32. The van der Waals surface area contributed by atoms with Gasteiger partial charge in [-0.3, -0.25) is 4.79 Å². The van der Waals surface area contributed by atoms with E-state index in [4.69, 9.17) is 0 Å². The van der Waals surface area contributed by atoms with E-state index in [1.165, 1.54) is 32.1 Å². The molecule has 0 aromatic carbocycles. The van der Waals surface area contributed by atoms with Gasteiger partial charge >= 0.3 is 0 Å². The Kier molecular flexibility index (Phi) is 5.01. The van der Waals surface area contributed by atoms with Crippen molar-refractivity contribution < 1.29 is 4.79 Å². The van der Waals surface area contributed by atoms with E-state index in [9.17, 15) is 4.79 Å². The minimum absolute atomic E-state index is 0.140. The van der Waals surface area contributed by atoms with Crippen LogP contribution in [0.2, 0.25) is 0 Å². The van der Waals surface area contributed by atoms with Crippen molar-refractivity contribution in [2.24, 2.45) is 0 Å². The summed E-state index contributed by atoms with van der Waals surface area (Å²) in [5, 5.41) is 6.36. The second kappa shape index (κ2) is 6.53. The Morgan fingerprint density at radius 2 is 1.94 bits per heavy atom. The van der Waals surface area contributed by atoms with Gasteiger partial charge in [0.2, 0.25) is 5.91 Å². The summed E-state index contributed by atoms with van der Waals surface area (Å²) in [5.74, 6) is 0.140. The molecule has 2 aliphatic heterocycles. The lowest BCUT2D eigenvalue weighted by atomic mass is 9.82. The number of carbonyl (C=O) groups is 1. The summed E-state index contributed by atoms with van der Waals surface area (Å²) in [4.78, 5) is 14.1. The van der Waals surface area contributed by atoms with Crippen molar-refractivity contribution in [3.05, 3.63) is 0 Å². The van der Waals surface area contributed by atoms with Gasteiger partial charge in [0.05, 0.1) is 6.54 Å². The first kappa shape index (κ1) is 13.8. The molecular weight excluding hydrogens is 226 g/mol. The highest BCUT2D eigenvalue weighted by Gasteiger charge is 2.35. The maximum Gasteiger partial charge on any atom is 0.233 e. The van der Waals surface area contributed by atoms with Crippen LogP contribution in [0.5, 0.6) is 0 Å². The van der Waals surface area contributed by atoms with Gasteiger partial charge in [-0.1, -0.05) is 13.3 Å². The number of carbonyl (C=O) groups excluding carboxylic acids is 1. The van der Waals surface area contributed by atoms with Gasteiger partial charge in [-0.2, -0.15) is 0 Å². The molecule has 2 bridgehead atoms. The van der Waals surface area contributed by atoms with Crippen LogP contribution in [0.15, 0.2) is 0 Å². The second-order valence-corrected chi connectivity index (χ2v) is 5.80. The van der Waals surface area contributed by atoms with Gasteiger partial charge in [-0.25, -0.2) is 0 Å². The Bertz CT molecular complexity index is 268. The summed E-state index contributed by atoms with van der Waals surface area (Å²) in [7, 11) is 2.26. The van der Waals surface area contributed by atoms with E-state index in [-0.39, 0.29) is 5.91 Å². The van der Waals surface area contributed by atoms with Crippen LogP contribution in [0, 0.1) is 0 Å². The summed E-state index contributed by atoms with van der Waals surface area (Å²) >= 11 is 0. The molecule has 0 radical (unpaired) electrons. The summed E-state index contributed by atoms with van der Waals surface area (Å²) < 4.78 is 0. The van der Waals surface area contributed by atoms with Gasteiger partial charge in [-0.15, -0.1) is 0 Å². The van der Waals surface area contributed by atoms with Gasteiger partial charge in [0.15, 0.2) is 0 Å². The highest BCUT2D eigenvalue weighted by molar-refractivity contribution is 5.77. The van der Waals surface area contributed by atoms with Crippen LogP contribution in [-0.2, 0) is 4.79 Å². The molecule has 2 saturated heterocycles. The van der Waals surface area contributed by atoms with Crippen LogP contribution in [0.3, 0.4) is 0 Å². The standard InChI is InChI=1S/C14H27N3O/c1-3-7-15-14(18)10-16-11-8-12-5-4-6-13(9-11)17(12)2/h11-13,16H,3-10H2,1-2H3,(H,15,18). The van der Waals surface area contributed by atoms with Crippen LogP contribution in [0.1, 0.15) is 45.4 Å². The molecule has 2 aliphatic rings. The van der Waals surface area contributed by atoms with Gasteiger partial charge in [0.25, 0.3) is 0 Å². The lowest BCUT2D eigenvalue weighted by Gasteiger charge is -2.47. The highest BCUT2D eigenvalue weighted by atomic mass is 16.1. The fourth-order valence-electron chi connectivity index (χ4n) is 3.35. The predicted molar refractivity (Wildman–Crippen MR) is 73.5 cm³/mol. The van der Waals surface area contributed by atoms with E-state index in [0.29, 0.717) is 12.6 Å². The number of piperidine rings is 2. The normalized spacial score (nSPS) is 32.2. The number of nitrogens with zero attached hydrogens (tertiary/aromatic N) is 1. The molecule has 2 N–H and O–H groups in total. The van der Waals surface area contributed by atoms with Crippen molar-refractivity contribution in [1.29, 1.82) is 0 Å². The van der Waals surface area contributed by atoms with E-state index >= 15 is 0 Å². The molecule has 2 rings (SSSR count). The zero-order chi connectivity index (χ0) is 13.0. The number of rotatable bonds is 5. The maximum atomic E-state index is 11.6. The SMILES string of the molecule is CCCNC(=O)CNC1CC2CCCC(C1)N2C. The quantitative estimate of drug-likeness (QED) is 0.771. The Balaban J connectivity index is 1.73. The molecule has 2 unspecified atom stereocenters. The van der Waals surface area contributed by atoms with Gasteiger partial charge in [0, 0.05) is 24.7 Å². The zero-order valence-corrected chi connectivity index (χ0v) is 11.7. The monoisotopic (exact) mass is 253 g/mol. The molecule has 104 valence electrons. The molecule has 0 spiro atoms. The number of hydrogen-bond donors (Lipinski definition) is 2. The van der Waals surface area contributed by atoms with Crippen molar-refractivity contribution in [2.75, 3.05) is 20.1 Å². The third kappa shape index (κ3) is 3.45. The number of hydrogen-bond acceptors (Lipinski definition) is 3. The average molecular weight is 253 g/mol. The van der Waals surface area contributed by atoms with Crippen molar-refractivity contribution in [2.45, 2.75) is 63.6 Å². The van der Waals surface area contributed by atoms with E-state index in [1.807, 2.05) is 0 Å². The van der Waals surface area contributed by atoms with Gasteiger partial charge in [-0.05, 0) is 39.2 Å². The van der Waals surface area contributed by atoms with Crippen LogP contribution < -0.4 is 10.6 Å². The summed E-state index contributed by atoms with van der Waals surface area (Å²) in [6.45, 7) is 3.35. The second-order valence-electron chi connectivity index (χ2n) is 5.80. The summed E-state index contributed by atoms with van der Waals surface area (Å²) in [5.41, 5.74) is 0. The molecule has 4 nitrogen and oxygen atoms in total. The Hall–Kier alpha value is -0.610. The molecule has 2 heterocycles. The van der Waals surface area contributed by atoms with Crippen molar-refractivity contribution in [3.63, 3.8) is 0 Å². The van der Waals surface area contributed by atoms with E-state index < -0.39 is 0 Å². The molecule has 0 saturated carbocycles. The van der Waals surface area contributed by atoms with Gasteiger partial charge in [0.1, 0.15) is 0 Å². The Labute approximate surface area is 110 Å². The van der Waals surface area contributed by atoms with Gasteiger partial charge < -0.3 is 15.5 Å². The third-order valence-electron chi connectivity index (χ3n) is 4.46. The summed E-state index contributed by atoms with van der Waals surface area (Å²) in [6.07, 6.45) is 7.44. The van der Waals surface area contributed by atoms with E-state index in [0.717, 1.165) is 25.0 Å². The van der Waals surface area contributed by atoms with Crippen molar-refractivity contribution in [3.8, 4) is 0 Å². The first-order chi connectivity index (χ1) is 8.70. The molecule has 4 heteroatoms. The predicted octanol–water partition coefficient (Wildman–Crippen LogP) is 1.12. The maximum absolute atomic E-state index is 11.6. The topological polar surface area (TPSA) is 44.4 Å². The molecule has 18 heavy (non-hydrogen) atoms. The van der Waals surface area contributed by atoms with Crippen LogP contribution in [-0.4, -0.2) is 49.1 Å². The number of fused-ring (bicyclic) bond motifs is 2. The minimum atomic E-state index is 0.140. The molecule has 0 aliphatic carbocycles. The van der Waals surface area contributed by atoms with E-state index in [2.05, 4.69) is 29.5 Å². The molecular formula is C14H27N3O. The average Bonchev–Trinajstić information content (AvgIpc) is 2.34. The largest absolute Gasteiger partial charge is 0.355 e. The molecule has 1 amide bonds. The molecule has 2 atom stereocenters. The fraction of sp³-hybridized carbons (Fsp3) is 0.929. The van der Waals surface area contributed by atoms with Crippen LogP contribution >= 0.6 is 0 Å². The minimum Gasteiger partial charge on any atom is -0.355 e. The third-order valence-corrected chi connectivity index (χ3v) is 4.46. The molecule has 2 fully saturated rings. The number of amides is 1. The smallest absolute Gasteiger partial charge is 0.233 e. The lowest BCUT2D eigenvalue weighted by Crippen LogP contribution is -2.55. The number of nitrogens with one attached hydrogen (secondary N) is 2. The Morgan fingerprint density at radius 1 is 1.28 bits per heavy atom. The van der Waals surface area contributed by atoms with Crippen molar-refractivity contribution >= 4 is 5.91 Å². The first-order valence-electron chi connectivity index (χ1n) is 7.42. The zero-order valence-electron chi connectivity index (χ0n) is 11.7. The van der Waals surface area contributed by atoms with Crippen LogP contribution in [0.4, 0.5) is 0 Å². The summed E-state index contributed by atoms with van der Waals surface area (Å²) in [6, 6.07) is 1.99. The first-order valence-corrected chi connectivity index (χ1v) is 7.42. The van der Waals surface area contributed by atoms with Crippen molar-refractivity contribution in [1.82, 2.24) is 15.5 Å². The Morgan fingerprint density at radius 3 is 2.56 bits per heavy atom. The molecule has 0 aromatic rings. The van der Waals surface area contributed by atoms with Crippen LogP contribution in [0.25, 0.3) is 0 Å². The molecule has 0 aromatic heterocycles.